The summed E-state index contributed by atoms with van der Waals surface area (Å²) in [6.07, 6.45) is 0.0755. The molecule has 29 heavy (non-hydrogen) atoms. The van der Waals surface area contributed by atoms with Crippen molar-refractivity contribution in [3.05, 3.63) is 59.7 Å². The van der Waals surface area contributed by atoms with Crippen LogP contribution in [0.1, 0.15) is 20.7 Å². The summed E-state index contributed by atoms with van der Waals surface area (Å²) in [4.78, 5) is 23.7. The second kappa shape index (κ2) is 8.93. The second-order valence-electron chi connectivity index (χ2n) is 6.56. The van der Waals surface area contributed by atoms with Gasteiger partial charge in [0.05, 0.1) is 24.3 Å². The minimum Gasteiger partial charge on any atom is -0.459 e. The zero-order chi connectivity index (χ0) is 20.1. The molecular formula is C21H20O8. The van der Waals surface area contributed by atoms with Gasteiger partial charge in [-0.15, -0.1) is 0 Å². The van der Waals surface area contributed by atoms with Crippen molar-refractivity contribution < 1.29 is 38.0 Å². The summed E-state index contributed by atoms with van der Waals surface area (Å²) >= 11 is 0. The van der Waals surface area contributed by atoms with Crippen molar-refractivity contribution in [1.29, 1.82) is 0 Å². The number of carbonyl (C=O) groups is 2. The molecule has 0 saturated carbocycles. The molecule has 2 atom stereocenters. The molecule has 0 bridgehead atoms. The summed E-state index contributed by atoms with van der Waals surface area (Å²) in [5.74, 6) is 0.308. The maximum atomic E-state index is 11.9. The second-order valence-corrected chi connectivity index (χ2v) is 6.56. The Hall–Kier alpha value is -3.10. The molecule has 2 heterocycles. The molecule has 0 radical (unpaired) electrons. The minimum absolute atomic E-state index is 0.0222. The molecule has 0 spiro atoms. The molecule has 2 saturated heterocycles. The predicted octanol–water partition coefficient (Wildman–Crippen LogP) is 2.21. The number of rotatable bonds is 10. The normalized spacial score (nSPS) is 19.2. The van der Waals surface area contributed by atoms with E-state index in [2.05, 4.69) is 0 Å². The van der Waals surface area contributed by atoms with Crippen LogP contribution in [-0.4, -0.2) is 57.4 Å². The quantitative estimate of drug-likeness (QED) is 0.340. The largest absolute Gasteiger partial charge is 0.459 e. The van der Waals surface area contributed by atoms with Crippen LogP contribution in [0.4, 0.5) is 0 Å². The highest BCUT2D eigenvalue weighted by molar-refractivity contribution is 5.90. The molecule has 2 unspecified atom stereocenters. The third kappa shape index (κ3) is 5.94. The fourth-order valence-corrected chi connectivity index (χ4v) is 2.37. The summed E-state index contributed by atoms with van der Waals surface area (Å²) in [7, 11) is 0. The van der Waals surface area contributed by atoms with Crippen LogP contribution in [0.5, 0.6) is 11.5 Å². The standard InChI is InChI=1S/C21H20O8/c22-20(26-11-18-9-24-18)14-1-5-16(6-2-14)28-13-29-17-7-3-15(4-8-17)21(23)27-12-19-10-25-19/h1-8,18-19H,9-13H2. The molecule has 2 aromatic carbocycles. The molecule has 2 fully saturated rings. The molecule has 8 nitrogen and oxygen atoms in total. The van der Waals surface area contributed by atoms with E-state index >= 15 is 0 Å². The molecule has 0 N–H and O–H groups in total. The number of hydrogen-bond donors (Lipinski definition) is 0. The summed E-state index contributed by atoms with van der Waals surface area (Å²) < 4.78 is 31.2. The van der Waals surface area contributed by atoms with Crippen molar-refractivity contribution in [2.75, 3.05) is 33.2 Å². The molecule has 152 valence electrons. The first kappa shape index (κ1) is 19.2. The van der Waals surface area contributed by atoms with Gasteiger partial charge >= 0.3 is 11.9 Å². The average Bonchev–Trinajstić information content (AvgIpc) is 3.66. The van der Waals surface area contributed by atoms with Gasteiger partial charge in [-0.1, -0.05) is 0 Å². The van der Waals surface area contributed by atoms with Crippen LogP contribution in [0.2, 0.25) is 0 Å². The Morgan fingerprint density at radius 1 is 0.724 bits per heavy atom. The van der Waals surface area contributed by atoms with Crippen molar-refractivity contribution in [3.63, 3.8) is 0 Å². The number of benzene rings is 2. The van der Waals surface area contributed by atoms with Crippen molar-refractivity contribution in [2.45, 2.75) is 12.2 Å². The first-order chi connectivity index (χ1) is 14.2. The van der Waals surface area contributed by atoms with E-state index in [0.29, 0.717) is 35.8 Å². The van der Waals surface area contributed by atoms with Gasteiger partial charge in [0, 0.05) is 0 Å². The summed E-state index contributed by atoms with van der Waals surface area (Å²) in [5, 5.41) is 0. The average molecular weight is 400 g/mol. The summed E-state index contributed by atoms with van der Waals surface area (Å²) in [6, 6.07) is 13.1. The molecule has 2 aliphatic heterocycles. The van der Waals surface area contributed by atoms with Crippen LogP contribution in [0.15, 0.2) is 48.5 Å². The lowest BCUT2D eigenvalue weighted by Gasteiger charge is -2.09. The SMILES string of the molecule is O=C(OCC1CO1)c1ccc(OCOc2ccc(C(=O)OCC3CO3)cc2)cc1. The number of carbonyl (C=O) groups excluding carboxylic acids is 2. The minimum atomic E-state index is -0.397. The Bertz CT molecular complexity index is 766. The third-order valence-corrected chi connectivity index (χ3v) is 4.24. The van der Waals surface area contributed by atoms with E-state index in [4.69, 9.17) is 28.4 Å². The van der Waals surface area contributed by atoms with Crippen LogP contribution in [0, 0.1) is 0 Å². The highest BCUT2D eigenvalue weighted by atomic mass is 16.7. The Morgan fingerprint density at radius 2 is 1.10 bits per heavy atom. The lowest BCUT2D eigenvalue weighted by Crippen LogP contribution is -2.10. The lowest BCUT2D eigenvalue weighted by atomic mass is 10.2. The van der Waals surface area contributed by atoms with E-state index in [1.54, 1.807) is 48.5 Å². The van der Waals surface area contributed by atoms with E-state index in [9.17, 15) is 9.59 Å². The first-order valence-corrected chi connectivity index (χ1v) is 9.20. The molecule has 8 heteroatoms. The van der Waals surface area contributed by atoms with Crippen molar-refractivity contribution >= 4 is 11.9 Å². The van der Waals surface area contributed by atoms with Crippen molar-refractivity contribution in [3.8, 4) is 11.5 Å². The number of hydrogen-bond acceptors (Lipinski definition) is 8. The Kier molecular flexibility index (Phi) is 5.92. The Morgan fingerprint density at radius 3 is 1.45 bits per heavy atom. The predicted molar refractivity (Wildman–Crippen MR) is 99.1 cm³/mol. The van der Waals surface area contributed by atoms with Crippen molar-refractivity contribution in [1.82, 2.24) is 0 Å². The van der Waals surface area contributed by atoms with Crippen molar-refractivity contribution in [2.24, 2.45) is 0 Å². The van der Waals surface area contributed by atoms with Crippen LogP contribution < -0.4 is 9.47 Å². The van der Waals surface area contributed by atoms with Gasteiger partial charge in [0.25, 0.3) is 0 Å². The smallest absolute Gasteiger partial charge is 0.338 e. The highest BCUT2D eigenvalue weighted by Crippen LogP contribution is 2.17. The summed E-state index contributed by atoms with van der Waals surface area (Å²) in [6.45, 7) is 1.81. The van der Waals surface area contributed by atoms with Gasteiger partial charge in [-0.25, -0.2) is 9.59 Å². The topological polar surface area (TPSA) is 96.1 Å². The van der Waals surface area contributed by atoms with Crippen LogP contribution in [0.25, 0.3) is 0 Å². The number of epoxide rings is 2. The summed E-state index contributed by atoms with van der Waals surface area (Å²) in [5.41, 5.74) is 0.879. The highest BCUT2D eigenvalue weighted by Gasteiger charge is 2.25. The fourth-order valence-electron chi connectivity index (χ4n) is 2.37. The van der Waals surface area contributed by atoms with Crippen LogP contribution in [-0.2, 0) is 18.9 Å². The van der Waals surface area contributed by atoms with E-state index in [-0.39, 0.29) is 32.2 Å². The van der Waals surface area contributed by atoms with Gasteiger partial charge in [-0.05, 0) is 48.5 Å². The van der Waals surface area contributed by atoms with E-state index < -0.39 is 11.9 Å². The molecule has 2 aliphatic rings. The van der Waals surface area contributed by atoms with Gasteiger partial charge in [-0.2, -0.15) is 0 Å². The maximum Gasteiger partial charge on any atom is 0.338 e. The van der Waals surface area contributed by atoms with Gasteiger partial charge in [0.15, 0.2) is 0 Å². The van der Waals surface area contributed by atoms with Gasteiger partial charge < -0.3 is 28.4 Å². The molecular weight excluding hydrogens is 380 g/mol. The van der Waals surface area contributed by atoms with Crippen LogP contribution >= 0.6 is 0 Å². The van der Waals surface area contributed by atoms with E-state index in [1.165, 1.54) is 0 Å². The molecule has 0 aromatic heterocycles. The van der Waals surface area contributed by atoms with E-state index in [1.807, 2.05) is 0 Å². The fraction of sp³-hybridized carbons (Fsp3) is 0.333. The Balaban J connectivity index is 1.19. The first-order valence-electron chi connectivity index (χ1n) is 9.20. The van der Waals surface area contributed by atoms with Gasteiger partial charge in [0.2, 0.25) is 6.79 Å². The lowest BCUT2D eigenvalue weighted by molar-refractivity contribution is 0.0468. The molecule has 0 amide bonds. The number of ether oxygens (including phenoxy) is 6. The van der Waals surface area contributed by atoms with Crippen LogP contribution in [0.3, 0.4) is 0 Å². The van der Waals surface area contributed by atoms with Gasteiger partial charge in [-0.3, -0.25) is 0 Å². The molecule has 2 aromatic rings. The number of esters is 2. The Labute approximate surface area is 167 Å². The maximum absolute atomic E-state index is 11.9. The zero-order valence-corrected chi connectivity index (χ0v) is 15.6. The van der Waals surface area contributed by atoms with Gasteiger partial charge in [0.1, 0.15) is 36.9 Å². The molecule has 4 rings (SSSR count). The monoisotopic (exact) mass is 400 g/mol. The van der Waals surface area contributed by atoms with E-state index in [0.717, 1.165) is 0 Å². The third-order valence-electron chi connectivity index (χ3n) is 4.24. The zero-order valence-electron chi connectivity index (χ0n) is 15.6. The molecule has 0 aliphatic carbocycles.